The van der Waals surface area contributed by atoms with Crippen molar-refractivity contribution in [1.29, 1.82) is 0 Å². The van der Waals surface area contributed by atoms with Crippen LogP contribution >= 0.6 is 15.9 Å². The molecule has 1 N–H and O–H groups in total. The Hall–Kier alpha value is -2.39. The smallest absolute Gasteiger partial charge is 0.244 e. The Balaban J connectivity index is 1.92. The summed E-state index contributed by atoms with van der Waals surface area (Å²) in [7, 11) is -3.75. The van der Waals surface area contributed by atoms with E-state index < -0.39 is 28.5 Å². The van der Waals surface area contributed by atoms with Gasteiger partial charge in [-0.25, -0.2) is 8.42 Å². The van der Waals surface area contributed by atoms with Crippen molar-refractivity contribution in [2.45, 2.75) is 64.6 Å². The van der Waals surface area contributed by atoms with E-state index in [9.17, 15) is 18.0 Å². The second-order valence-corrected chi connectivity index (χ2v) is 12.0. The van der Waals surface area contributed by atoms with Crippen LogP contribution in [0.2, 0.25) is 0 Å². The molecule has 0 aromatic heterocycles. The molecule has 1 fully saturated rings. The average Bonchev–Trinajstić information content (AvgIpc) is 3.29. The van der Waals surface area contributed by atoms with Crippen LogP contribution in [0.3, 0.4) is 0 Å². The highest BCUT2D eigenvalue weighted by Gasteiger charge is 2.33. The van der Waals surface area contributed by atoms with Crippen molar-refractivity contribution < 1.29 is 18.0 Å². The van der Waals surface area contributed by atoms with Crippen molar-refractivity contribution in [2.75, 3.05) is 17.1 Å². The number of nitrogens with zero attached hydrogens (tertiary/aromatic N) is 2. The van der Waals surface area contributed by atoms with Gasteiger partial charge in [0.05, 0.1) is 11.9 Å². The van der Waals surface area contributed by atoms with Crippen LogP contribution in [0.1, 0.15) is 50.2 Å². The number of sulfonamides is 1. The summed E-state index contributed by atoms with van der Waals surface area (Å²) in [5.74, 6) is -0.612. The molecule has 0 aliphatic heterocycles. The van der Waals surface area contributed by atoms with Gasteiger partial charge in [-0.2, -0.15) is 0 Å². The van der Waals surface area contributed by atoms with Crippen molar-refractivity contribution in [2.24, 2.45) is 0 Å². The molecule has 0 saturated heterocycles. The van der Waals surface area contributed by atoms with Crippen LogP contribution < -0.4 is 9.62 Å². The summed E-state index contributed by atoms with van der Waals surface area (Å²) >= 11 is 3.37. The summed E-state index contributed by atoms with van der Waals surface area (Å²) in [6.45, 7) is 3.66. The molecule has 0 heterocycles. The molecule has 1 atom stereocenters. The molecule has 1 aliphatic carbocycles. The molecule has 2 aromatic carbocycles. The normalized spacial score (nSPS) is 15.0. The number of hydrogen-bond donors (Lipinski definition) is 1. The van der Waals surface area contributed by atoms with Crippen molar-refractivity contribution >= 4 is 43.5 Å². The van der Waals surface area contributed by atoms with Gasteiger partial charge in [0, 0.05) is 17.1 Å². The first-order valence-electron chi connectivity index (χ1n) is 12.0. The van der Waals surface area contributed by atoms with Crippen molar-refractivity contribution in [3.63, 3.8) is 0 Å². The quantitative estimate of drug-likeness (QED) is 0.464. The third-order valence-electron chi connectivity index (χ3n) is 6.30. The van der Waals surface area contributed by atoms with Crippen LogP contribution in [0, 0.1) is 6.92 Å². The van der Waals surface area contributed by atoms with E-state index in [1.807, 2.05) is 38.1 Å². The highest BCUT2D eigenvalue weighted by atomic mass is 79.9. The maximum absolute atomic E-state index is 13.7. The lowest BCUT2D eigenvalue weighted by Crippen LogP contribution is -2.53. The molecule has 2 amide bonds. The summed E-state index contributed by atoms with van der Waals surface area (Å²) in [5, 5.41) is 3.11. The molecular weight excluding hydrogens is 530 g/mol. The zero-order valence-electron chi connectivity index (χ0n) is 20.5. The maximum atomic E-state index is 13.7. The predicted molar refractivity (Wildman–Crippen MR) is 143 cm³/mol. The number of anilines is 1. The lowest BCUT2D eigenvalue weighted by atomic mass is 10.1. The van der Waals surface area contributed by atoms with Crippen LogP contribution in [0.4, 0.5) is 5.69 Å². The Bertz CT molecular complexity index is 1150. The number of carbonyl (C=O) groups is 2. The van der Waals surface area contributed by atoms with Gasteiger partial charge < -0.3 is 10.2 Å². The minimum Gasteiger partial charge on any atom is -0.352 e. The van der Waals surface area contributed by atoms with Crippen LogP contribution in [0.25, 0.3) is 0 Å². The van der Waals surface area contributed by atoms with E-state index in [0.29, 0.717) is 16.6 Å². The molecule has 0 bridgehead atoms. The number of amides is 2. The van der Waals surface area contributed by atoms with E-state index in [0.717, 1.165) is 47.4 Å². The zero-order chi connectivity index (χ0) is 25.6. The summed E-state index contributed by atoms with van der Waals surface area (Å²) < 4.78 is 27.1. The minimum atomic E-state index is -3.75. The number of halogens is 1. The average molecular weight is 565 g/mol. The first-order valence-corrected chi connectivity index (χ1v) is 14.6. The number of aryl methyl sites for hydroxylation is 1. The van der Waals surface area contributed by atoms with Crippen molar-refractivity contribution in [3.05, 3.63) is 64.1 Å². The van der Waals surface area contributed by atoms with Gasteiger partial charge in [-0.05, 0) is 49.9 Å². The largest absolute Gasteiger partial charge is 0.352 e. The fourth-order valence-corrected chi connectivity index (χ4v) is 5.77. The van der Waals surface area contributed by atoms with Gasteiger partial charge >= 0.3 is 0 Å². The second kappa shape index (κ2) is 12.0. The second-order valence-electron chi connectivity index (χ2n) is 9.17. The maximum Gasteiger partial charge on any atom is 0.244 e. The van der Waals surface area contributed by atoms with Gasteiger partial charge in [0.1, 0.15) is 12.6 Å². The lowest BCUT2D eigenvalue weighted by molar-refractivity contribution is -0.140. The molecule has 7 nitrogen and oxygen atoms in total. The number of carbonyl (C=O) groups excluding carboxylic acids is 2. The molecule has 35 heavy (non-hydrogen) atoms. The zero-order valence-corrected chi connectivity index (χ0v) is 22.9. The van der Waals surface area contributed by atoms with Gasteiger partial charge in [0.25, 0.3) is 0 Å². The Kier molecular flexibility index (Phi) is 9.35. The first-order chi connectivity index (χ1) is 16.6. The van der Waals surface area contributed by atoms with Crippen LogP contribution in [0.15, 0.2) is 53.0 Å². The Morgan fingerprint density at radius 2 is 1.80 bits per heavy atom. The Morgan fingerprint density at radius 3 is 2.40 bits per heavy atom. The molecule has 0 spiro atoms. The van der Waals surface area contributed by atoms with E-state index in [-0.39, 0.29) is 18.5 Å². The van der Waals surface area contributed by atoms with Crippen molar-refractivity contribution in [3.8, 4) is 0 Å². The third kappa shape index (κ3) is 7.54. The van der Waals surface area contributed by atoms with Gasteiger partial charge in [0.2, 0.25) is 21.8 Å². The fourth-order valence-electron chi connectivity index (χ4n) is 4.54. The molecule has 2 aromatic rings. The molecule has 3 rings (SSSR count). The fraction of sp³-hybridized carbons (Fsp3) is 0.462. The monoisotopic (exact) mass is 563 g/mol. The molecule has 0 radical (unpaired) electrons. The summed E-state index contributed by atoms with van der Waals surface area (Å²) in [4.78, 5) is 28.5. The van der Waals surface area contributed by atoms with Gasteiger partial charge in [-0.1, -0.05) is 71.6 Å². The highest BCUT2D eigenvalue weighted by Crippen LogP contribution is 2.24. The van der Waals surface area contributed by atoms with E-state index in [2.05, 4.69) is 21.2 Å². The van der Waals surface area contributed by atoms with E-state index in [1.165, 1.54) is 4.90 Å². The lowest BCUT2D eigenvalue weighted by Gasteiger charge is -2.33. The highest BCUT2D eigenvalue weighted by molar-refractivity contribution is 9.10. The molecule has 190 valence electrons. The van der Waals surface area contributed by atoms with Crippen LogP contribution in [-0.4, -0.2) is 50.0 Å². The Labute approximate surface area is 217 Å². The van der Waals surface area contributed by atoms with Crippen LogP contribution in [-0.2, 0) is 26.2 Å². The van der Waals surface area contributed by atoms with E-state index in [1.54, 1.807) is 24.3 Å². The van der Waals surface area contributed by atoms with Gasteiger partial charge in [-0.3, -0.25) is 13.9 Å². The van der Waals surface area contributed by atoms with E-state index >= 15 is 0 Å². The number of rotatable bonds is 10. The number of hydrogen-bond acceptors (Lipinski definition) is 4. The summed E-state index contributed by atoms with van der Waals surface area (Å²) in [6.07, 6.45) is 5.56. The SMILES string of the molecule is CC[C@@H](C(=O)NC1CCCC1)N(Cc1cccc(C)c1)C(=O)CN(c1cccc(Br)c1)S(C)(=O)=O. The van der Waals surface area contributed by atoms with Crippen LogP contribution in [0.5, 0.6) is 0 Å². The molecule has 0 unspecified atom stereocenters. The van der Waals surface area contributed by atoms with Crippen molar-refractivity contribution in [1.82, 2.24) is 10.2 Å². The molecule has 1 aliphatic rings. The molecule has 1 saturated carbocycles. The third-order valence-corrected chi connectivity index (χ3v) is 7.93. The predicted octanol–water partition coefficient (Wildman–Crippen LogP) is 4.39. The first kappa shape index (κ1) is 27.2. The number of nitrogens with one attached hydrogen (secondary N) is 1. The van der Waals surface area contributed by atoms with Gasteiger partial charge in [0.15, 0.2) is 0 Å². The van der Waals surface area contributed by atoms with E-state index in [4.69, 9.17) is 0 Å². The Morgan fingerprint density at radius 1 is 1.11 bits per heavy atom. The molecular formula is C26H34BrN3O4S. The minimum absolute atomic E-state index is 0.127. The topological polar surface area (TPSA) is 86.8 Å². The standard InChI is InChI=1S/C26H34BrN3O4S/c1-4-24(26(32)28-22-12-5-6-13-22)29(17-20-10-7-9-19(2)15-20)25(31)18-30(35(3,33)34)23-14-8-11-21(27)16-23/h7-11,14-16,22,24H,4-6,12-13,17-18H2,1-3H3,(H,28,32)/t24-/m0/s1. The number of benzene rings is 2. The summed E-state index contributed by atoms with van der Waals surface area (Å²) in [6, 6.07) is 14.0. The summed E-state index contributed by atoms with van der Waals surface area (Å²) in [5.41, 5.74) is 2.32. The molecule has 9 heteroatoms. The van der Waals surface area contributed by atoms with Gasteiger partial charge in [-0.15, -0.1) is 0 Å².